The number of aliphatic carboxylic acids is 1. The molecule has 1 rings (SSSR count). The molecule has 0 aromatic carbocycles. The van der Waals surface area contributed by atoms with E-state index in [1.165, 1.54) is 18.0 Å². The van der Waals surface area contributed by atoms with Crippen LogP contribution in [0.5, 0.6) is 0 Å². The summed E-state index contributed by atoms with van der Waals surface area (Å²) in [6.07, 6.45) is 5.12. The molecule has 5 nitrogen and oxygen atoms in total. The molecule has 1 heterocycles. The number of carbonyl (C=O) groups is 2. The molecule has 1 aromatic heterocycles. The van der Waals surface area contributed by atoms with Gasteiger partial charge in [0, 0.05) is 16.9 Å². The van der Waals surface area contributed by atoms with Crippen molar-refractivity contribution >= 4 is 39.6 Å². The van der Waals surface area contributed by atoms with Gasteiger partial charge in [-0.05, 0) is 40.4 Å². The fourth-order valence-electron chi connectivity index (χ4n) is 1.26. The van der Waals surface area contributed by atoms with Crippen molar-refractivity contribution in [3.63, 3.8) is 0 Å². The summed E-state index contributed by atoms with van der Waals surface area (Å²) in [6, 6.07) is 0.590. The van der Waals surface area contributed by atoms with Gasteiger partial charge in [-0.25, -0.2) is 0 Å². The minimum atomic E-state index is -1.28. The Balaban J connectivity index is 2.69. The first-order chi connectivity index (χ1) is 8.54. The Morgan fingerprint density at radius 2 is 2.28 bits per heavy atom. The number of carbonyl (C=O) groups excluding carboxylic acids is 2. The van der Waals surface area contributed by atoms with Crippen LogP contribution in [0.15, 0.2) is 22.9 Å². The number of hydrogen-bond acceptors (Lipinski definition) is 5. The molecule has 0 bridgehead atoms. The SMILES string of the molecule is CSCC[C@H](NC(=O)c1cncc(Br)c1)C(=O)[O-]. The number of halogens is 1. The summed E-state index contributed by atoms with van der Waals surface area (Å²) in [5.41, 5.74) is 0.305. The summed E-state index contributed by atoms with van der Waals surface area (Å²) in [7, 11) is 0. The first-order valence-corrected chi connectivity index (χ1v) is 7.34. The van der Waals surface area contributed by atoms with Gasteiger partial charge in [-0.1, -0.05) is 0 Å². The van der Waals surface area contributed by atoms with Crippen molar-refractivity contribution in [2.75, 3.05) is 12.0 Å². The summed E-state index contributed by atoms with van der Waals surface area (Å²) in [5.74, 6) is -1.12. The minimum absolute atomic E-state index is 0.305. The number of hydrogen-bond donors (Lipinski definition) is 1. The molecule has 0 aliphatic rings. The third-order valence-corrected chi connectivity index (χ3v) is 3.25. The molecule has 0 aliphatic heterocycles. The van der Waals surface area contributed by atoms with Crippen molar-refractivity contribution in [3.8, 4) is 0 Å². The van der Waals surface area contributed by atoms with E-state index in [1.807, 2.05) is 6.26 Å². The number of amides is 1. The fraction of sp³-hybridized carbons (Fsp3) is 0.364. The Kier molecular flexibility index (Phi) is 6.14. The molecule has 0 radical (unpaired) electrons. The molecule has 0 spiro atoms. The third-order valence-electron chi connectivity index (χ3n) is 2.17. The van der Waals surface area contributed by atoms with Gasteiger partial charge in [-0.3, -0.25) is 9.78 Å². The highest BCUT2D eigenvalue weighted by Gasteiger charge is 2.14. The van der Waals surface area contributed by atoms with Crippen molar-refractivity contribution in [3.05, 3.63) is 28.5 Å². The van der Waals surface area contributed by atoms with Gasteiger partial charge in [-0.2, -0.15) is 11.8 Å². The van der Waals surface area contributed by atoms with E-state index in [9.17, 15) is 14.7 Å². The van der Waals surface area contributed by atoms with Crippen molar-refractivity contribution in [1.29, 1.82) is 0 Å². The maximum Gasteiger partial charge on any atom is 0.253 e. The number of carboxylic acids is 1. The Morgan fingerprint density at radius 3 is 2.83 bits per heavy atom. The molecule has 1 atom stereocenters. The van der Waals surface area contributed by atoms with Crippen LogP contribution in [0.25, 0.3) is 0 Å². The predicted molar refractivity (Wildman–Crippen MR) is 71.2 cm³/mol. The summed E-state index contributed by atoms with van der Waals surface area (Å²) in [5, 5.41) is 13.3. The predicted octanol–water partition coefficient (Wildman–Crippen LogP) is 0.445. The topological polar surface area (TPSA) is 82.1 Å². The van der Waals surface area contributed by atoms with Crippen molar-refractivity contribution < 1.29 is 14.7 Å². The summed E-state index contributed by atoms with van der Waals surface area (Å²) in [4.78, 5) is 26.5. The van der Waals surface area contributed by atoms with Gasteiger partial charge in [0.15, 0.2) is 0 Å². The van der Waals surface area contributed by atoms with E-state index in [1.54, 1.807) is 12.3 Å². The van der Waals surface area contributed by atoms with Crippen LogP contribution in [0.1, 0.15) is 16.8 Å². The maximum absolute atomic E-state index is 11.8. The van der Waals surface area contributed by atoms with Gasteiger partial charge in [0.1, 0.15) is 0 Å². The van der Waals surface area contributed by atoms with E-state index >= 15 is 0 Å². The van der Waals surface area contributed by atoms with Crippen LogP contribution in [0.4, 0.5) is 0 Å². The maximum atomic E-state index is 11.8. The van der Waals surface area contributed by atoms with E-state index < -0.39 is 17.9 Å². The van der Waals surface area contributed by atoms with Crippen LogP contribution < -0.4 is 10.4 Å². The van der Waals surface area contributed by atoms with Gasteiger partial charge < -0.3 is 15.2 Å². The lowest BCUT2D eigenvalue weighted by atomic mass is 10.2. The number of pyridine rings is 1. The normalized spacial score (nSPS) is 11.9. The van der Waals surface area contributed by atoms with Crippen LogP contribution in [-0.4, -0.2) is 34.9 Å². The standard InChI is InChI=1S/C11H13BrN2O3S/c1-18-3-2-9(11(16)17)14-10(15)7-4-8(12)6-13-5-7/h4-6,9H,2-3H2,1H3,(H,14,15)(H,16,17)/p-1/t9-/m0/s1. The number of nitrogens with one attached hydrogen (secondary N) is 1. The van der Waals surface area contributed by atoms with Crippen LogP contribution >= 0.6 is 27.7 Å². The van der Waals surface area contributed by atoms with Crippen molar-refractivity contribution in [2.45, 2.75) is 12.5 Å². The Bertz CT molecular complexity index is 442. The number of nitrogens with zero attached hydrogens (tertiary/aromatic N) is 1. The van der Waals surface area contributed by atoms with Gasteiger partial charge in [0.05, 0.1) is 17.6 Å². The van der Waals surface area contributed by atoms with Gasteiger partial charge in [-0.15, -0.1) is 0 Å². The highest BCUT2D eigenvalue weighted by atomic mass is 79.9. The average Bonchev–Trinajstić information content (AvgIpc) is 2.33. The molecule has 1 N–H and O–H groups in total. The number of carboxylic acid groups (broad SMARTS) is 1. The first-order valence-electron chi connectivity index (χ1n) is 5.15. The lowest BCUT2D eigenvalue weighted by Crippen LogP contribution is -2.48. The zero-order chi connectivity index (χ0) is 13.5. The van der Waals surface area contributed by atoms with E-state index in [2.05, 4.69) is 26.2 Å². The second-order valence-electron chi connectivity index (χ2n) is 3.52. The molecule has 0 saturated heterocycles. The highest BCUT2D eigenvalue weighted by molar-refractivity contribution is 9.10. The van der Waals surface area contributed by atoms with Gasteiger partial charge in [0.25, 0.3) is 5.91 Å². The van der Waals surface area contributed by atoms with Crippen LogP contribution in [0, 0.1) is 0 Å². The largest absolute Gasteiger partial charge is 0.548 e. The molecule has 0 unspecified atom stereocenters. The molecule has 0 fully saturated rings. The molecular weight excluding hydrogens is 320 g/mol. The molecule has 0 aliphatic carbocycles. The van der Waals surface area contributed by atoms with Gasteiger partial charge >= 0.3 is 0 Å². The Hall–Kier alpha value is -1.08. The van der Waals surface area contributed by atoms with E-state index in [0.29, 0.717) is 22.2 Å². The second kappa shape index (κ2) is 7.38. The molecule has 1 aromatic rings. The summed E-state index contributed by atoms with van der Waals surface area (Å²) < 4.78 is 0.657. The lowest BCUT2D eigenvalue weighted by Gasteiger charge is -2.19. The van der Waals surface area contributed by atoms with Crippen molar-refractivity contribution in [1.82, 2.24) is 10.3 Å². The molecule has 0 saturated carbocycles. The molecular formula is C11H12BrN2O3S-. The highest BCUT2D eigenvalue weighted by Crippen LogP contribution is 2.10. The van der Waals surface area contributed by atoms with E-state index in [4.69, 9.17) is 0 Å². The Morgan fingerprint density at radius 1 is 1.56 bits per heavy atom. The first kappa shape index (κ1) is 15.0. The number of rotatable bonds is 6. The number of thioether (sulfide) groups is 1. The van der Waals surface area contributed by atoms with E-state index in [-0.39, 0.29) is 0 Å². The monoisotopic (exact) mass is 331 g/mol. The lowest BCUT2D eigenvalue weighted by molar-refractivity contribution is -0.308. The molecule has 98 valence electrons. The fourth-order valence-corrected chi connectivity index (χ4v) is 2.10. The zero-order valence-corrected chi connectivity index (χ0v) is 12.1. The zero-order valence-electron chi connectivity index (χ0n) is 9.68. The van der Waals surface area contributed by atoms with Crippen molar-refractivity contribution in [2.24, 2.45) is 0 Å². The van der Waals surface area contributed by atoms with E-state index in [0.717, 1.165) is 0 Å². The third kappa shape index (κ3) is 4.66. The smallest absolute Gasteiger partial charge is 0.253 e. The summed E-state index contributed by atoms with van der Waals surface area (Å²) in [6.45, 7) is 0. The molecule has 18 heavy (non-hydrogen) atoms. The molecule has 1 amide bonds. The quantitative estimate of drug-likeness (QED) is 0.818. The minimum Gasteiger partial charge on any atom is -0.548 e. The summed E-state index contributed by atoms with van der Waals surface area (Å²) >= 11 is 4.70. The van der Waals surface area contributed by atoms with Crippen LogP contribution in [-0.2, 0) is 4.79 Å². The van der Waals surface area contributed by atoms with Crippen LogP contribution in [0.2, 0.25) is 0 Å². The molecule has 7 heteroatoms. The Labute approximate surface area is 117 Å². The van der Waals surface area contributed by atoms with Crippen LogP contribution in [0.3, 0.4) is 0 Å². The number of aromatic nitrogens is 1. The second-order valence-corrected chi connectivity index (χ2v) is 5.42. The average molecular weight is 332 g/mol. The van der Waals surface area contributed by atoms with Gasteiger partial charge in [0.2, 0.25) is 0 Å².